The molecule has 30 heavy (non-hydrogen) atoms. The number of hydrogen-bond donors (Lipinski definition) is 1. The summed E-state index contributed by atoms with van der Waals surface area (Å²) in [5.41, 5.74) is 1.69. The second kappa shape index (κ2) is 9.19. The zero-order valence-corrected chi connectivity index (χ0v) is 18.1. The first kappa shape index (κ1) is 20.2. The van der Waals surface area contributed by atoms with Crippen molar-refractivity contribution in [3.05, 3.63) is 64.7 Å². The number of amides is 1. The van der Waals surface area contributed by atoms with Gasteiger partial charge >= 0.3 is 0 Å². The molecule has 0 fully saturated rings. The summed E-state index contributed by atoms with van der Waals surface area (Å²) in [4.78, 5) is 13.4. The van der Waals surface area contributed by atoms with E-state index in [1.54, 1.807) is 24.7 Å². The predicted molar refractivity (Wildman–Crippen MR) is 117 cm³/mol. The molecule has 0 saturated carbocycles. The molecule has 0 radical (unpaired) electrons. The van der Waals surface area contributed by atoms with E-state index in [2.05, 4.69) is 15.5 Å². The summed E-state index contributed by atoms with van der Waals surface area (Å²) in [5.74, 6) is 2.29. The molecule has 154 valence electrons. The highest BCUT2D eigenvalue weighted by atomic mass is 32.2. The molecular formula is C21H20N4O3S2. The number of rotatable bonds is 8. The quantitative estimate of drug-likeness (QED) is 0.411. The van der Waals surface area contributed by atoms with E-state index in [0.717, 1.165) is 27.6 Å². The van der Waals surface area contributed by atoms with Crippen LogP contribution in [0.1, 0.15) is 10.6 Å². The van der Waals surface area contributed by atoms with Gasteiger partial charge in [-0.1, -0.05) is 23.9 Å². The number of nitrogens with zero attached hydrogens (tertiary/aromatic N) is 3. The predicted octanol–water partition coefficient (Wildman–Crippen LogP) is 4.31. The smallest absolute Gasteiger partial charge is 0.230 e. The van der Waals surface area contributed by atoms with Crippen LogP contribution >= 0.6 is 23.1 Å². The fourth-order valence-electron chi connectivity index (χ4n) is 2.92. The molecule has 3 heterocycles. The first-order valence-electron chi connectivity index (χ1n) is 9.22. The summed E-state index contributed by atoms with van der Waals surface area (Å²) in [6.07, 6.45) is 1.63. The summed E-state index contributed by atoms with van der Waals surface area (Å²) in [6, 6.07) is 13.5. The molecule has 1 amide bonds. The van der Waals surface area contributed by atoms with Gasteiger partial charge in [-0.3, -0.25) is 9.36 Å². The third-order valence-corrected chi connectivity index (χ3v) is 6.22. The SMILES string of the molecule is COc1cccc(-n2c(SCC(=O)NCc3cccs3)nnc2-c2ccoc2C)c1. The van der Waals surface area contributed by atoms with Crippen molar-refractivity contribution in [3.8, 4) is 22.8 Å². The summed E-state index contributed by atoms with van der Waals surface area (Å²) in [7, 11) is 1.63. The number of aromatic nitrogens is 3. The van der Waals surface area contributed by atoms with Crippen LogP contribution in [0.25, 0.3) is 17.1 Å². The Hall–Kier alpha value is -3.04. The van der Waals surface area contributed by atoms with Crippen molar-refractivity contribution < 1.29 is 13.9 Å². The molecule has 0 aliphatic carbocycles. The van der Waals surface area contributed by atoms with E-state index in [4.69, 9.17) is 9.15 Å². The van der Waals surface area contributed by atoms with Crippen molar-refractivity contribution in [3.63, 3.8) is 0 Å². The molecular weight excluding hydrogens is 420 g/mol. The van der Waals surface area contributed by atoms with Crippen LogP contribution < -0.4 is 10.1 Å². The van der Waals surface area contributed by atoms with Gasteiger partial charge in [0.2, 0.25) is 5.91 Å². The minimum absolute atomic E-state index is 0.0605. The molecule has 4 aromatic rings. The van der Waals surface area contributed by atoms with E-state index in [1.165, 1.54) is 11.8 Å². The van der Waals surface area contributed by atoms with Crippen molar-refractivity contribution in [2.24, 2.45) is 0 Å². The van der Waals surface area contributed by atoms with Gasteiger partial charge in [0.05, 0.1) is 36.9 Å². The number of ether oxygens (including phenoxy) is 1. The van der Waals surface area contributed by atoms with E-state index < -0.39 is 0 Å². The number of aryl methyl sites for hydroxylation is 1. The van der Waals surface area contributed by atoms with Gasteiger partial charge in [0.1, 0.15) is 11.5 Å². The largest absolute Gasteiger partial charge is 0.497 e. The lowest BCUT2D eigenvalue weighted by molar-refractivity contribution is -0.118. The molecule has 9 heteroatoms. The molecule has 3 aromatic heterocycles. The number of furan rings is 1. The molecule has 4 rings (SSSR count). The maximum absolute atomic E-state index is 12.3. The van der Waals surface area contributed by atoms with Crippen molar-refractivity contribution in [1.29, 1.82) is 0 Å². The Bertz CT molecular complexity index is 1140. The highest BCUT2D eigenvalue weighted by molar-refractivity contribution is 7.99. The number of thioether (sulfide) groups is 1. The lowest BCUT2D eigenvalue weighted by Crippen LogP contribution is -2.24. The number of carbonyl (C=O) groups is 1. The molecule has 0 atom stereocenters. The van der Waals surface area contributed by atoms with Crippen LogP contribution in [0.2, 0.25) is 0 Å². The number of thiophene rings is 1. The highest BCUT2D eigenvalue weighted by Crippen LogP contribution is 2.31. The first-order valence-corrected chi connectivity index (χ1v) is 11.1. The first-order chi connectivity index (χ1) is 14.7. The van der Waals surface area contributed by atoms with Crippen LogP contribution in [-0.4, -0.2) is 33.5 Å². The van der Waals surface area contributed by atoms with Gasteiger partial charge in [-0.05, 0) is 36.6 Å². The van der Waals surface area contributed by atoms with E-state index in [1.807, 2.05) is 59.3 Å². The lowest BCUT2D eigenvalue weighted by Gasteiger charge is -2.11. The molecule has 0 aliphatic rings. The topological polar surface area (TPSA) is 82.2 Å². The van der Waals surface area contributed by atoms with Crippen LogP contribution in [0.3, 0.4) is 0 Å². The Morgan fingerprint density at radius 1 is 1.27 bits per heavy atom. The van der Waals surface area contributed by atoms with Crippen LogP contribution in [0.15, 0.2) is 63.7 Å². The zero-order valence-electron chi connectivity index (χ0n) is 16.5. The molecule has 0 saturated heterocycles. The summed E-state index contributed by atoms with van der Waals surface area (Å²) in [6.45, 7) is 2.41. The lowest BCUT2D eigenvalue weighted by atomic mass is 10.2. The number of hydrogen-bond acceptors (Lipinski definition) is 7. The average molecular weight is 441 g/mol. The normalized spacial score (nSPS) is 10.9. The number of methoxy groups -OCH3 is 1. The van der Waals surface area contributed by atoms with Gasteiger partial charge in [0, 0.05) is 10.9 Å². The van der Waals surface area contributed by atoms with E-state index in [0.29, 0.717) is 17.5 Å². The van der Waals surface area contributed by atoms with Gasteiger partial charge in [-0.15, -0.1) is 21.5 Å². The maximum atomic E-state index is 12.3. The Morgan fingerprint density at radius 3 is 2.90 bits per heavy atom. The van der Waals surface area contributed by atoms with Gasteiger partial charge in [-0.25, -0.2) is 0 Å². The van der Waals surface area contributed by atoms with Crippen molar-refractivity contribution >= 4 is 29.0 Å². The van der Waals surface area contributed by atoms with Gasteiger partial charge in [-0.2, -0.15) is 0 Å². The van der Waals surface area contributed by atoms with Gasteiger partial charge < -0.3 is 14.5 Å². The van der Waals surface area contributed by atoms with Crippen LogP contribution in [0, 0.1) is 6.92 Å². The van der Waals surface area contributed by atoms with Gasteiger partial charge in [0.25, 0.3) is 0 Å². The fraction of sp³-hybridized carbons (Fsp3) is 0.190. The second-order valence-corrected chi connectivity index (χ2v) is 8.35. The van der Waals surface area contributed by atoms with Crippen LogP contribution in [0.5, 0.6) is 5.75 Å². The number of carbonyl (C=O) groups excluding carboxylic acids is 1. The minimum Gasteiger partial charge on any atom is -0.497 e. The summed E-state index contributed by atoms with van der Waals surface area (Å²) >= 11 is 2.95. The number of nitrogens with one attached hydrogen (secondary N) is 1. The van der Waals surface area contributed by atoms with Crippen LogP contribution in [-0.2, 0) is 11.3 Å². The Morgan fingerprint density at radius 2 is 2.17 bits per heavy atom. The molecule has 7 nitrogen and oxygen atoms in total. The number of benzene rings is 1. The molecule has 1 aromatic carbocycles. The molecule has 0 spiro atoms. The van der Waals surface area contributed by atoms with E-state index in [9.17, 15) is 4.79 Å². The van der Waals surface area contributed by atoms with Crippen molar-refractivity contribution in [2.75, 3.05) is 12.9 Å². The monoisotopic (exact) mass is 440 g/mol. The standard InChI is InChI=1S/C21H20N4O3S2/c1-14-18(8-9-28-14)20-23-24-21(25(20)15-5-3-6-16(11-15)27-2)30-13-19(26)22-12-17-7-4-10-29-17/h3-11H,12-13H2,1-2H3,(H,22,26). The van der Waals surface area contributed by atoms with Crippen molar-refractivity contribution in [2.45, 2.75) is 18.6 Å². The molecule has 0 bridgehead atoms. The minimum atomic E-state index is -0.0605. The summed E-state index contributed by atoms with van der Waals surface area (Å²) in [5, 5.41) is 14.3. The third-order valence-electron chi connectivity index (χ3n) is 4.42. The van der Waals surface area contributed by atoms with Gasteiger partial charge in [0.15, 0.2) is 11.0 Å². The molecule has 1 N–H and O–H groups in total. The maximum Gasteiger partial charge on any atom is 0.230 e. The third kappa shape index (κ3) is 4.42. The molecule has 0 unspecified atom stereocenters. The fourth-order valence-corrected chi connectivity index (χ4v) is 4.34. The van der Waals surface area contributed by atoms with Crippen LogP contribution in [0.4, 0.5) is 0 Å². The average Bonchev–Trinajstić information content (AvgIpc) is 3.51. The second-order valence-electron chi connectivity index (χ2n) is 6.38. The highest BCUT2D eigenvalue weighted by Gasteiger charge is 2.20. The van der Waals surface area contributed by atoms with E-state index in [-0.39, 0.29) is 11.7 Å². The summed E-state index contributed by atoms with van der Waals surface area (Å²) < 4.78 is 12.7. The zero-order chi connectivity index (χ0) is 20.9. The molecule has 0 aliphatic heterocycles. The van der Waals surface area contributed by atoms with Crippen molar-refractivity contribution in [1.82, 2.24) is 20.1 Å². The Kier molecular flexibility index (Phi) is 6.20. The van der Waals surface area contributed by atoms with E-state index >= 15 is 0 Å². The Labute approximate surface area is 182 Å². The Balaban J connectivity index is 1.58.